The van der Waals surface area contributed by atoms with Crippen LogP contribution in [-0.4, -0.2) is 28.3 Å². The Labute approximate surface area is 160 Å². The molecular weight excluding hydrogens is 336 g/mol. The quantitative estimate of drug-likeness (QED) is 0.234. The van der Waals surface area contributed by atoms with Crippen LogP contribution in [-0.2, 0) is 0 Å². The first-order valence-electron chi connectivity index (χ1n) is 9.73. The van der Waals surface area contributed by atoms with E-state index in [2.05, 4.69) is 24.6 Å². The molecule has 0 amide bonds. The number of hydrogen-bond donors (Lipinski definition) is 3. The normalized spacial score (nSPS) is 10.4. The smallest absolute Gasteiger partial charge is 0.185 e. The molecule has 4 nitrogen and oxygen atoms in total. The minimum absolute atomic E-state index is 0.354. The van der Waals surface area contributed by atoms with Crippen molar-refractivity contribution in [2.24, 2.45) is 5.73 Å². The van der Waals surface area contributed by atoms with Gasteiger partial charge in [-0.2, -0.15) is 0 Å². The highest BCUT2D eigenvalue weighted by atomic mass is 32.1. The highest BCUT2D eigenvalue weighted by Gasteiger charge is 2.07. The van der Waals surface area contributed by atoms with Crippen LogP contribution in [0.4, 0.5) is 0 Å². The summed E-state index contributed by atoms with van der Waals surface area (Å²) in [4.78, 5) is 0. The molecule has 142 valence electrons. The number of nitrogens with zero attached hydrogens (tertiary/aromatic N) is 1. The van der Waals surface area contributed by atoms with Gasteiger partial charge in [0.25, 0.3) is 0 Å². The Hall–Kier alpha value is -0.620. The third kappa shape index (κ3) is 14.9. The second-order valence-electron chi connectivity index (χ2n) is 6.39. The lowest BCUT2D eigenvalue weighted by molar-refractivity contribution is 0.361. The van der Waals surface area contributed by atoms with E-state index < -0.39 is 0 Å². The van der Waals surface area contributed by atoms with Crippen molar-refractivity contribution in [3.05, 3.63) is 0 Å². The largest absolute Gasteiger partial charge is 0.375 e. The van der Waals surface area contributed by atoms with Gasteiger partial charge in [-0.05, 0) is 37.3 Å². The number of thiocarbonyl (C=S) groups is 2. The minimum Gasteiger partial charge on any atom is -0.375 e. The van der Waals surface area contributed by atoms with E-state index in [0.29, 0.717) is 10.2 Å². The summed E-state index contributed by atoms with van der Waals surface area (Å²) in [6.45, 7) is 6.18. The van der Waals surface area contributed by atoms with Gasteiger partial charge in [0.2, 0.25) is 0 Å². The molecule has 0 spiro atoms. The molecule has 4 N–H and O–H groups in total. The van der Waals surface area contributed by atoms with Gasteiger partial charge in [-0.25, -0.2) is 0 Å². The Morgan fingerprint density at radius 2 is 1.29 bits per heavy atom. The number of hydrogen-bond acceptors (Lipinski definition) is 2. The number of nitrogens with one attached hydrogen (secondary N) is 2. The van der Waals surface area contributed by atoms with Gasteiger partial charge in [-0.3, -0.25) is 10.4 Å². The zero-order chi connectivity index (χ0) is 18.0. The second-order valence-corrected chi connectivity index (χ2v) is 7.22. The van der Waals surface area contributed by atoms with Crippen molar-refractivity contribution < 1.29 is 0 Å². The SMILES string of the molecule is CCCCCCCCNC(=S)NN(CCCCCCCC)C(N)=S. The second kappa shape index (κ2) is 17.2. The van der Waals surface area contributed by atoms with Crippen LogP contribution in [0.1, 0.15) is 90.9 Å². The first-order valence-corrected chi connectivity index (χ1v) is 10.5. The fraction of sp³-hybridized carbons (Fsp3) is 0.889. The van der Waals surface area contributed by atoms with Crippen LogP contribution in [0, 0.1) is 0 Å². The number of unbranched alkanes of at least 4 members (excludes halogenated alkanes) is 10. The first-order chi connectivity index (χ1) is 11.6. The number of hydrazine groups is 1. The molecule has 0 fully saturated rings. The van der Waals surface area contributed by atoms with E-state index in [9.17, 15) is 0 Å². The molecule has 0 heterocycles. The Bertz CT molecular complexity index is 324. The molecule has 0 aromatic heterocycles. The highest BCUT2D eigenvalue weighted by molar-refractivity contribution is 7.80. The van der Waals surface area contributed by atoms with Crippen LogP contribution in [0.15, 0.2) is 0 Å². The van der Waals surface area contributed by atoms with Gasteiger partial charge >= 0.3 is 0 Å². The van der Waals surface area contributed by atoms with Crippen LogP contribution in [0.2, 0.25) is 0 Å². The molecular formula is C18H38N4S2. The lowest BCUT2D eigenvalue weighted by atomic mass is 10.1. The van der Waals surface area contributed by atoms with Gasteiger partial charge in [-0.15, -0.1) is 0 Å². The third-order valence-electron chi connectivity index (χ3n) is 4.05. The van der Waals surface area contributed by atoms with E-state index in [0.717, 1.165) is 25.9 Å². The monoisotopic (exact) mass is 374 g/mol. The van der Waals surface area contributed by atoms with E-state index >= 15 is 0 Å². The maximum atomic E-state index is 5.78. The summed E-state index contributed by atoms with van der Waals surface area (Å²) in [6.07, 6.45) is 15.2. The van der Waals surface area contributed by atoms with E-state index in [4.69, 9.17) is 30.2 Å². The third-order valence-corrected chi connectivity index (χ3v) is 4.51. The van der Waals surface area contributed by atoms with E-state index in [1.807, 2.05) is 0 Å². The standard InChI is InChI=1S/C18H38N4S2/c1-3-5-7-9-11-13-15-20-18(24)21-22(17(19)23)16-14-12-10-8-6-4-2/h3-16H2,1-2H3,(H2,19,23)(H2,20,21,24). The molecule has 0 aromatic rings. The van der Waals surface area contributed by atoms with Crippen molar-refractivity contribution in [3.8, 4) is 0 Å². The van der Waals surface area contributed by atoms with Crippen molar-refractivity contribution in [1.82, 2.24) is 15.8 Å². The van der Waals surface area contributed by atoms with Gasteiger partial charge < -0.3 is 11.1 Å². The van der Waals surface area contributed by atoms with Crippen molar-refractivity contribution in [2.45, 2.75) is 90.9 Å². The highest BCUT2D eigenvalue weighted by Crippen LogP contribution is 2.06. The molecule has 0 bridgehead atoms. The van der Waals surface area contributed by atoms with Crippen molar-refractivity contribution in [3.63, 3.8) is 0 Å². The maximum Gasteiger partial charge on any atom is 0.185 e. The predicted molar refractivity (Wildman–Crippen MR) is 114 cm³/mol. The minimum atomic E-state index is 0.354. The Balaban J connectivity index is 3.73. The van der Waals surface area contributed by atoms with Gasteiger partial charge in [0.1, 0.15) is 0 Å². The Kier molecular flexibility index (Phi) is 16.8. The Morgan fingerprint density at radius 1 is 0.792 bits per heavy atom. The summed E-state index contributed by atoms with van der Waals surface area (Å²) < 4.78 is 0. The zero-order valence-electron chi connectivity index (χ0n) is 15.7. The molecule has 24 heavy (non-hydrogen) atoms. The number of nitrogens with two attached hydrogens (primary N) is 1. The fourth-order valence-electron chi connectivity index (χ4n) is 2.54. The summed E-state index contributed by atoms with van der Waals surface area (Å²) in [5.41, 5.74) is 8.89. The molecule has 0 saturated carbocycles. The summed E-state index contributed by atoms with van der Waals surface area (Å²) >= 11 is 10.4. The summed E-state index contributed by atoms with van der Waals surface area (Å²) in [7, 11) is 0. The van der Waals surface area contributed by atoms with Crippen LogP contribution >= 0.6 is 24.4 Å². The van der Waals surface area contributed by atoms with E-state index in [-0.39, 0.29) is 0 Å². The van der Waals surface area contributed by atoms with Crippen LogP contribution in [0.5, 0.6) is 0 Å². The zero-order valence-corrected chi connectivity index (χ0v) is 17.4. The van der Waals surface area contributed by atoms with Gasteiger partial charge in [0.15, 0.2) is 10.2 Å². The number of rotatable bonds is 14. The Morgan fingerprint density at radius 3 is 1.83 bits per heavy atom. The van der Waals surface area contributed by atoms with Crippen LogP contribution in [0.25, 0.3) is 0 Å². The molecule has 0 aliphatic rings. The van der Waals surface area contributed by atoms with Crippen molar-refractivity contribution in [2.75, 3.05) is 13.1 Å². The first kappa shape index (κ1) is 23.4. The molecule has 0 aliphatic carbocycles. The lowest BCUT2D eigenvalue weighted by Crippen LogP contribution is -2.52. The summed E-state index contributed by atoms with van der Waals surface area (Å²) in [5.74, 6) is 0. The van der Waals surface area contributed by atoms with Gasteiger partial charge in [-0.1, -0.05) is 78.1 Å². The molecule has 0 saturated heterocycles. The van der Waals surface area contributed by atoms with Crippen molar-refractivity contribution in [1.29, 1.82) is 0 Å². The topological polar surface area (TPSA) is 53.3 Å². The predicted octanol–water partition coefficient (Wildman–Crippen LogP) is 4.63. The molecule has 0 radical (unpaired) electrons. The van der Waals surface area contributed by atoms with Gasteiger partial charge in [0.05, 0.1) is 0 Å². The fourth-order valence-corrected chi connectivity index (χ4v) is 2.89. The maximum absolute atomic E-state index is 5.78. The molecule has 0 rings (SSSR count). The van der Waals surface area contributed by atoms with E-state index in [1.165, 1.54) is 64.2 Å². The molecule has 6 heteroatoms. The molecule has 0 unspecified atom stereocenters. The molecule has 0 atom stereocenters. The summed E-state index contributed by atoms with van der Waals surface area (Å²) in [5, 5.41) is 5.99. The van der Waals surface area contributed by atoms with E-state index in [1.54, 1.807) is 5.01 Å². The van der Waals surface area contributed by atoms with Crippen molar-refractivity contribution >= 4 is 34.7 Å². The van der Waals surface area contributed by atoms with Gasteiger partial charge in [0, 0.05) is 13.1 Å². The van der Waals surface area contributed by atoms with Crippen LogP contribution < -0.4 is 16.5 Å². The lowest BCUT2D eigenvalue weighted by Gasteiger charge is -2.25. The summed E-state index contributed by atoms with van der Waals surface area (Å²) in [6, 6.07) is 0. The van der Waals surface area contributed by atoms with Crippen LogP contribution in [0.3, 0.4) is 0 Å². The average Bonchev–Trinajstić information content (AvgIpc) is 2.55. The average molecular weight is 375 g/mol. The molecule has 0 aliphatic heterocycles. The molecule has 0 aromatic carbocycles.